The van der Waals surface area contributed by atoms with Gasteiger partial charge in [-0.15, -0.1) is 10.2 Å². The van der Waals surface area contributed by atoms with Gasteiger partial charge in [0.2, 0.25) is 0 Å². The van der Waals surface area contributed by atoms with Crippen molar-refractivity contribution in [3.63, 3.8) is 0 Å². The molecule has 0 saturated carbocycles. The maximum atomic E-state index is 10.2. The van der Waals surface area contributed by atoms with Crippen molar-refractivity contribution >= 4 is 17.4 Å². The summed E-state index contributed by atoms with van der Waals surface area (Å²) in [6, 6.07) is 0. The second-order valence-corrected chi connectivity index (χ2v) is 4.97. The molecular formula is C8H13N3O2S. The zero-order chi connectivity index (χ0) is 10.8. The maximum absolute atomic E-state index is 10.2. The fourth-order valence-electron chi connectivity index (χ4n) is 0.779. The lowest BCUT2D eigenvalue weighted by Crippen LogP contribution is -2.19. The van der Waals surface area contributed by atoms with Gasteiger partial charge in [0.1, 0.15) is 10.0 Å². The Morgan fingerprint density at radius 3 is 2.57 bits per heavy atom. The third-order valence-corrected chi connectivity index (χ3v) is 2.85. The minimum Gasteiger partial charge on any atom is -0.465 e. The van der Waals surface area contributed by atoms with E-state index in [1.807, 2.05) is 20.8 Å². The monoisotopic (exact) mass is 215 g/mol. The molecule has 0 aliphatic rings. The van der Waals surface area contributed by atoms with Crippen LogP contribution in [0.5, 0.6) is 0 Å². The van der Waals surface area contributed by atoms with E-state index in [4.69, 9.17) is 5.11 Å². The zero-order valence-electron chi connectivity index (χ0n) is 8.37. The molecule has 0 fully saturated rings. The van der Waals surface area contributed by atoms with Crippen molar-refractivity contribution in [2.75, 3.05) is 0 Å². The van der Waals surface area contributed by atoms with Crippen molar-refractivity contribution in [2.24, 2.45) is 0 Å². The second-order valence-electron chi connectivity index (χ2n) is 3.91. The van der Waals surface area contributed by atoms with Crippen LogP contribution in [0.1, 0.15) is 30.8 Å². The summed E-state index contributed by atoms with van der Waals surface area (Å²) in [5.74, 6) is 0. The van der Waals surface area contributed by atoms with Crippen LogP contribution in [0.25, 0.3) is 0 Å². The first-order valence-electron chi connectivity index (χ1n) is 4.19. The quantitative estimate of drug-likeness (QED) is 0.785. The number of carbonyl (C=O) groups is 1. The summed E-state index contributed by atoms with van der Waals surface area (Å²) in [6.07, 6.45) is -1.04. The van der Waals surface area contributed by atoms with E-state index in [1.54, 1.807) is 0 Å². The van der Waals surface area contributed by atoms with Gasteiger partial charge >= 0.3 is 6.09 Å². The molecule has 1 aromatic heterocycles. The van der Waals surface area contributed by atoms with Gasteiger partial charge < -0.3 is 10.4 Å². The number of hydrogen-bond donors (Lipinski definition) is 2. The van der Waals surface area contributed by atoms with Crippen LogP contribution in [-0.4, -0.2) is 21.4 Å². The lowest BCUT2D eigenvalue weighted by atomic mass is 9.98. The van der Waals surface area contributed by atoms with Crippen molar-refractivity contribution in [3.05, 3.63) is 10.0 Å². The molecule has 1 aromatic rings. The molecule has 0 bridgehead atoms. The Kier molecular flexibility index (Phi) is 3.05. The van der Waals surface area contributed by atoms with E-state index in [9.17, 15) is 4.79 Å². The Bertz CT molecular complexity index is 330. The van der Waals surface area contributed by atoms with E-state index in [0.717, 1.165) is 5.01 Å². The summed E-state index contributed by atoms with van der Waals surface area (Å²) in [6.45, 7) is 6.36. The van der Waals surface area contributed by atoms with E-state index >= 15 is 0 Å². The maximum Gasteiger partial charge on any atom is 0.405 e. The van der Waals surface area contributed by atoms with Gasteiger partial charge in [0.25, 0.3) is 0 Å². The number of nitrogens with zero attached hydrogens (tertiary/aromatic N) is 2. The standard InChI is InChI=1S/C8H13N3O2S/c1-8(2,3)6-11-10-5(14-6)4-9-7(12)13/h9H,4H2,1-3H3,(H,12,13). The van der Waals surface area contributed by atoms with Gasteiger partial charge in [0, 0.05) is 5.41 Å². The Balaban J connectivity index is 2.64. The van der Waals surface area contributed by atoms with Crippen molar-refractivity contribution in [1.82, 2.24) is 15.5 Å². The van der Waals surface area contributed by atoms with Gasteiger partial charge in [-0.1, -0.05) is 32.1 Å². The normalized spacial score (nSPS) is 11.4. The molecule has 1 heterocycles. The van der Waals surface area contributed by atoms with Gasteiger partial charge in [-0.3, -0.25) is 0 Å². The number of amides is 1. The number of hydrogen-bond acceptors (Lipinski definition) is 4. The van der Waals surface area contributed by atoms with Crippen LogP contribution in [-0.2, 0) is 12.0 Å². The van der Waals surface area contributed by atoms with Gasteiger partial charge in [-0.2, -0.15) is 0 Å². The minimum absolute atomic E-state index is 0.0286. The van der Waals surface area contributed by atoms with Gasteiger partial charge in [-0.05, 0) is 0 Å². The van der Waals surface area contributed by atoms with Gasteiger partial charge in [0.05, 0.1) is 6.54 Å². The van der Waals surface area contributed by atoms with Crippen LogP contribution in [0, 0.1) is 0 Å². The molecule has 0 unspecified atom stereocenters. The van der Waals surface area contributed by atoms with Crippen LogP contribution in [0.2, 0.25) is 0 Å². The lowest BCUT2D eigenvalue weighted by molar-refractivity contribution is 0.194. The first-order valence-corrected chi connectivity index (χ1v) is 5.01. The van der Waals surface area contributed by atoms with E-state index in [0.29, 0.717) is 5.01 Å². The van der Waals surface area contributed by atoms with Crippen molar-refractivity contribution in [3.8, 4) is 0 Å². The molecule has 0 spiro atoms. The number of carboxylic acid groups (broad SMARTS) is 1. The number of rotatable bonds is 2. The van der Waals surface area contributed by atoms with Gasteiger partial charge in [-0.25, -0.2) is 4.79 Å². The third-order valence-electron chi connectivity index (χ3n) is 1.50. The molecule has 6 heteroatoms. The first-order chi connectivity index (χ1) is 6.39. The minimum atomic E-state index is -1.04. The van der Waals surface area contributed by atoms with Crippen LogP contribution in [0.4, 0.5) is 4.79 Å². The summed E-state index contributed by atoms with van der Waals surface area (Å²) < 4.78 is 0. The molecule has 1 rings (SSSR count). The Hall–Kier alpha value is -1.17. The smallest absolute Gasteiger partial charge is 0.405 e. The lowest BCUT2D eigenvalue weighted by Gasteiger charge is -2.12. The Morgan fingerprint density at radius 1 is 1.50 bits per heavy atom. The Labute approximate surface area is 86.2 Å². The molecule has 0 atom stereocenters. The molecule has 2 N–H and O–H groups in total. The largest absolute Gasteiger partial charge is 0.465 e. The highest BCUT2D eigenvalue weighted by Gasteiger charge is 2.19. The summed E-state index contributed by atoms with van der Waals surface area (Å²) in [5, 5.41) is 20.1. The molecule has 0 aromatic carbocycles. The van der Waals surface area contributed by atoms with Crippen LogP contribution in [0.3, 0.4) is 0 Å². The van der Waals surface area contributed by atoms with E-state index in [-0.39, 0.29) is 12.0 Å². The molecule has 1 amide bonds. The molecule has 0 saturated heterocycles. The zero-order valence-corrected chi connectivity index (χ0v) is 9.18. The average molecular weight is 215 g/mol. The van der Waals surface area contributed by atoms with Crippen LogP contribution < -0.4 is 5.32 Å². The van der Waals surface area contributed by atoms with Crippen LogP contribution >= 0.6 is 11.3 Å². The molecular weight excluding hydrogens is 202 g/mol. The SMILES string of the molecule is CC(C)(C)c1nnc(CNC(=O)O)s1. The summed E-state index contributed by atoms with van der Waals surface area (Å²) >= 11 is 1.43. The highest BCUT2D eigenvalue weighted by atomic mass is 32.1. The molecule has 0 radical (unpaired) electrons. The predicted octanol–water partition coefficient (Wildman–Crippen LogP) is 1.60. The first kappa shape index (κ1) is 10.9. The Morgan fingerprint density at radius 2 is 2.14 bits per heavy atom. The molecule has 0 aliphatic carbocycles. The number of aromatic nitrogens is 2. The molecule has 0 aliphatic heterocycles. The fraction of sp³-hybridized carbons (Fsp3) is 0.625. The molecule has 14 heavy (non-hydrogen) atoms. The van der Waals surface area contributed by atoms with Crippen molar-refractivity contribution in [2.45, 2.75) is 32.7 Å². The van der Waals surface area contributed by atoms with Gasteiger partial charge in [0.15, 0.2) is 0 Å². The summed E-state index contributed by atoms with van der Waals surface area (Å²) in [7, 11) is 0. The predicted molar refractivity (Wildman–Crippen MR) is 53.5 cm³/mol. The molecule has 5 nitrogen and oxygen atoms in total. The number of nitrogens with one attached hydrogen (secondary N) is 1. The van der Waals surface area contributed by atoms with E-state index < -0.39 is 6.09 Å². The van der Waals surface area contributed by atoms with Crippen molar-refractivity contribution < 1.29 is 9.90 Å². The average Bonchev–Trinajstić information content (AvgIpc) is 2.47. The fourth-order valence-corrected chi connectivity index (χ4v) is 1.62. The third kappa shape index (κ3) is 2.95. The van der Waals surface area contributed by atoms with E-state index in [2.05, 4.69) is 15.5 Å². The second kappa shape index (κ2) is 3.91. The highest BCUT2D eigenvalue weighted by Crippen LogP contribution is 2.24. The molecule has 78 valence electrons. The summed E-state index contributed by atoms with van der Waals surface area (Å²) in [5.41, 5.74) is -0.0286. The topological polar surface area (TPSA) is 75.1 Å². The van der Waals surface area contributed by atoms with E-state index in [1.165, 1.54) is 11.3 Å². The summed E-state index contributed by atoms with van der Waals surface area (Å²) in [4.78, 5) is 10.2. The van der Waals surface area contributed by atoms with Crippen molar-refractivity contribution in [1.29, 1.82) is 0 Å². The highest BCUT2D eigenvalue weighted by molar-refractivity contribution is 7.11. The van der Waals surface area contributed by atoms with Crippen LogP contribution in [0.15, 0.2) is 0 Å².